The fraction of sp³-hybridized carbons (Fsp3) is 0.619. The summed E-state index contributed by atoms with van der Waals surface area (Å²) in [6.07, 6.45) is 6.59. The molecule has 29 heavy (non-hydrogen) atoms. The monoisotopic (exact) mass is 439 g/mol. The highest BCUT2D eigenvalue weighted by molar-refractivity contribution is 7.93. The number of esters is 1. The van der Waals surface area contributed by atoms with Gasteiger partial charge in [-0.1, -0.05) is 18.6 Å². The summed E-state index contributed by atoms with van der Waals surface area (Å²) in [5, 5.41) is 1.65. The standard InChI is InChI=1S/C21H29NO5S2/c1-5-27-19(24)21-11-6-7-13-22(16(21)9-8-12-21)18(23)17-15(10-14-28-17)29(25,26)20(2,3)4/h6-7,10,14,16H,5,8-9,11-13H2,1-4H3/t16-,21-/m1/s1. The first-order valence-corrected chi connectivity index (χ1v) is 12.4. The van der Waals surface area contributed by atoms with E-state index in [2.05, 4.69) is 0 Å². The molecule has 0 bridgehead atoms. The molecule has 3 rings (SSSR count). The third-order valence-corrected chi connectivity index (χ3v) is 9.49. The molecule has 0 spiro atoms. The summed E-state index contributed by atoms with van der Waals surface area (Å²) < 4.78 is 30.4. The van der Waals surface area contributed by atoms with Crippen LogP contribution < -0.4 is 0 Å². The van der Waals surface area contributed by atoms with Crippen LogP contribution in [0.3, 0.4) is 0 Å². The van der Waals surface area contributed by atoms with E-state index in [9.17, 15) is 18.0 Å². The summed E-state index contributed by atoms with van der Waals surface area (Å²) in [4.78, 5) is 28.4. The molecule has 8 heteroatoms. The Morgan fingerprint density at radius 2 is 2.03 bits per heavy atom. The molecule has 0 radical (unpaired) electrons. The normalized spacial score (nSPS) is 24.8. The predicted molar refractivity (Wildman–Crippen MR) is 113 cm³/mol. The zero-order chi connectivity index (χ0) is 21.4. The molecule has 2 heterocycles. The second kappa shape index (κ2) is 7.87. The van der Waals surface area contributed by atoms with E-state index in [1.807, 2.05) is 12.2 Å². The van der Waals surface area contributed by atoms with Crippen molar-refractivity contribution >= 4 is 33.1 Å². The largest absolute Gasteiger partial charge is 0.465 e. The topological polar surface area (TPSA) is 80.8 Å². The second-order valence-electron chi connectivity index (χ2n) is 8.65. The average molecular weight is 440 g/mol. The zero-order valence-electron chi connectivity index (χ0n) is 17.4. The maximum atomic E-state index is 13.6. The van der Waals surface area contributed by atoms with E-state index >= 15 is 0 Å². The number of carbonyl (C=O) groups excluding carboxylic acids is 2. The van der Waals surface area contributed by atoms with Gasteiger partial charge in [0.2, 0.25) is 0 Å². The number of thiophene rings is 1. The lowest BCUT2D eigenvalue weighted by Crippen LogP contribution is -2.51. The highest BCUT2D eigenvalue weighted by Crippen LogP contribution is 2.47. The SMILES string of the molecule is CCOC(=O)[C@@]12CC=CCN(C(=O)c3sccc3S(=O)(=O)C(C)(C)C)[C@@H]1CCC2. The molecule has 1 aliphatic carbocycles. The molecule has 1 aromatic rings. The molecule has 1 saturated carbocycles. The molecule has 1 amide bonds. The molecule has 0 unspecified atom stereocenters. The molecule has 0 N–H and O–H groups in total. The number of rotatable bonds is 4. The van der Waals surface area contributed by atoms with E-state index < -0.39 is 20.0 Å². The Labute approximate surface area is 176 Å². The number of carbonyl (C=O) groups is 2. The smallest absolute Gasteiger partial charge is 0.314 e. The molecule has 6 nitrogen and oxygen atoms in total. The number of hydrogen-bond donors (Lipinski definition) is 0. The summed E-state index contributed by atoms with van der Waals surface area (Å²) in [6.45, 7) is 7.33. The summed E-state index contributed by atoms with van der Waals surface area (Å²) in [5.74, 6) is -0.587. The minimum Gasteiger partial charge on any atom is -0.465 e. The number of allylic oxidation sites excluding steroid dienone is 1. The van der Waals surface area contributed by atoms with E-state index in [1.54, 1.807) is 38.0 Å². The highest BCUT2D eigenvalue weighted by Gasteiger charge is 2.53. The van der Waals surface area contributed by atoms with Gasteiger partial charge in [0.05, 0.1) is 21.7 Å². The van der Waals surface area contributed by atoms with Gasteiger partial charge in [0.1, 0.15) is 4.88 Å². The van der Waals surface area contributed by atoms with E-state index in [-0.39, 0.29) is 27.7 Å². The molecule has 1 aromatic heterocycles. The van der Waals surface area contributed by atoms with Crippen molar-refractivity contribution in [1.29, 1.82) is 0 Å². The van der Waals surface area contributed by atoms with Crippen molar-refractivity contribution in [2.45, 2.75) is 69.1 Å². The van der Waals surface area contributed by atoms with Crippen LogP contribution in [0.4, 0.5) is 0 Å². The fourth-order valence-corrected chi connectivity index (χ4v) is 6.84. The molecule has 1 fully saturated rings. The van der Waals surface area contributed by atoms with Crippen molar-refractivity contribution in [3.63, 3.8) is 0 Å². The van der Waals surface area contributed by atoms with Crippen LogP contribution in [0.5, 0.6) is 0 Å². The molecular formula is C21H29NO5S2. The second-order valence-corrected chi connectivity index (χ2v) is 12.2. The van der Waals surface area contributed by atoms with Crippen LogP contribution in [0.2, 0.25) is 0 Å². The maximum absolute atomic E-state index is 13.6. The Morgan fingerprint density at radius 1 is 1.31 bits per heavy atom. The number of hydrogen-bond acceptors (Lipinski definition) is 6. The van der Waals surface area contributed by atoms with Crippen LogP contribution in [-0.2, 0) is 19.4 Å². The Kier molecular flexibility index (Phi) is 5.98. The Hall–Kier alpha value is -1.67. The fourth-order valence-electron chi connectivity index (χ4n) is 4.30. The van der Waals surface area contributed by atoms with Gasteiger partial charge >= 0.3 is 5.97 Å². The first-order valence-electron chi connectivity index (χ1n) is 10.0. The Morgan fingerprint density at radius 3 is 2.69 bits per heavy atom. The van der Waals surface area contributed by atoms with Crippen molar-refractivity contribution in [2.24, 2.45) is 5.41 Å². The van der Waals surface area contributed by atoms with Crippen LogP contribution in [0.1, 0.15) is 63.0 Å². The first-order chi connectivity index (χ1) is 13.6. The predicted octanol–water partition coefficient (Wildman–Crippen LogP) is 3.82. The molecular weight excluding hydrogens is 410 g/mol. The van der Waals surface area contributed by atoms with E-state index in [0.717, 1.165) is 17.8 Å². The number of nitrogens with zero attached hydrogens (tertiary/aromatic N) is 1. The van der Waals surface area contributed by atoms with Gasteiger partial charge in [0, 0.05) is 12.6 Å². The molecule has 2 atom stereocenters. The summed E-state index contributed by atoms with van der Waals surface area (Å²) in [7, 11) is -3.67. The number of sulfone groups is 1. The average Bonchev–Trinajstić information content (AvgIpc) is 3.25. The zero-order valence-corrected chi connectivity index (χ0v) is 19.1. The van der Waals surface area contributed by atoms with Crippen LogP contribution in [0, 0.1) is 5.41 Å². The highest BCUT2D eigenvalue weighted by atomic mass is 32.2. The minimum atomic E-state index is -3.67. The van der Waals surface area contributed by atoms with Crippen LogP contribution >= 0.6 is 11.3 Å². The van der Waals surface area contributed by atoms with E-state index in [4.69, 9.17) is 4.74 Å². The van der Waals surface area contributed by atoms with Gasteiger partial charge in [0.15, 0.2) is 9.84 Å². The minimum absolute atomic E-state index is 0.0768. The van der Waals surface area contributed by atoms with Crippen molar-refractivity contribution in [3.05, 3.63) is 28.5 Å². The first kappa shape index (κ1) is 22.0. The quantitative estimate of drug-likeness (QED) is 0.526. The molecule has 2 aliphatic rings. The number of fused-ring (bicyclic) bond motifs is 1. The van der Waals surface area contributed by atoms with Crippen molar-refractivity contribution in [2.75, 3.05) is 13.2 Å². The summed E-state index contributed by atoms with van der Waals surface area (Å²) >= 11 is 1.14. The van der Waals surface area contributed by atoms with Crippen molar-refractivity contribution in [1.82, 2.24) is 4.90 Å². The number of amides is 1. The lowest BCUT2D eigenvalue weighted by Gasteiger charge is -2.38. The van der Waals surface area contributed by atoms with Crippen molar-refractivity contribution < 1.29 is 22.7 Å². The molecule has 0 aromatic carbocycles. The van der Waals surface area contributed by atoms with Gasteiger partial charge in [-0.3, -0.25) is 9.59 Å². The number of ether oxygens (including phenoxy) is 1. The van der Waals surface area contributed by atoms with Gasteiger partial charge in [-0.05, 0) is 58.4 Å². The lowest BCUT2D eigenvalue weighted by molar-refractivity contribution is -0.157. The van der Waals surface area contributed by atoms with Gasteiger partial charge in [-0.15, -0.1) is 11.3 Å². The van der Waals surface area contributed by atoms with Gasteiger partial charge in [-0.2, -0.15) is 0 Å². The van der Waals surface area contributed by atoms with Gasteiger partial charge in [-0.25, -0.2) is 8.42 Å². The van der Waals surface area contributed by atoms with Crippen LogP contribution in [-0.4, -0.2) is 49.1 Å². The maximum Gasteiger partial charge on any atom is 0.314 e. The molecule has 0 saturated heterocycles. The van der Waals surface area contributed by atoms with E-state index in [1.165, 1.54) is 6.07 Å². The Balaban J connectivity index is 2.02. The van der Waals surface area contributed by atoms with Crippen LogP contribution in [0.15, 0.2) is 28.5 Å². The van der Waals surface area contributed by atoms with Gasteiger partial charge in [0.25, 0.3) is 5.91 Å². The lowest BCUT2D eigenvalue weighted by atomic mass is 9.79. The summed E-state index contributed by atoms with van der Waals surface area (Å²) in [6, 6.07) is 1.22. The molecule has 1 aliphatic heterocycles. The van der Waals surface area contributed by atoms with Crippen molar-refractivity contribution in [3.8, 4) is 0 Å². The third-order valence-electron chi connectivity index (χ3n) is 5.93. The third kappa shape index (κ3) is 3.65. The summed E-state index contributed by atoms with van der Waals surface area (Å²) in [5.41, 5.74) is -0.751. The Bertz CT molecular complexity index is 925. The van der Waals surface area contributed by atoms with E-state index in [0.29, 0.717) is 32.4 Å². The van der Waals surface area contributed by atoms with Gasteiger partial charge < -0.3 is 9.64 Å². The molecule has 160 valence electrons. The van der Waals surface area contributed by atoms with Crippen LogP contribution in [0.25, 0.3) is 0 Å².